The van der Waals surface area contributed by atoms with Crippen LogP contribution in [0.3, 0.4) is 0 Å². The van der Waals surface area contributed by atoms with Crippen LogP contribution in [0.2, 0.25) is 5.02 Å². The van der Waals surface area contributed by atoms with E-state index < -0.39 is 6.10 Å². The highest BCUT2D eigenvalue weighted by molar-refractivity contribution is 7.14. The average Bonchev–Trinajstić information content (AvgIpc) is 3.12. The van der Waals surface area contributed by atoms with E-state index in [0.29, 0.717) is 21.8 Å². The average molecular weight is 415 g/mol. The third-order valence-corrected chi connectivity index (χ3v) is 5.41. The monoisotopic (exact) mass is 414 g/mol. The number of benzene rings is 2. The number of nitrogens with zero attached hydrogens (tertiary/aromatic N) is 1. The van der Waals surface area contributed by atoms with Crippen LogP contribution in [0.15, 0.2) is 47.8 Å². The lowest BCUT2D eigenvalue weighted by atomic mass is 10.0. The number of thiazole rings is 1. The number of carbonyl (C=O) groups excluding carboxylic acids is 1. The summed E-state index contributed by atoms with van der Waals surface area (Å²) in [4.78, 5) is 17.0. The van der Waals surface area contributed by atoms with Crippen molar-refractivity contribution >= 4 is 34.0 Å². The van der Waals surface area contributed by atoms with Crippen LogP contribution in [-0.2, 0) is 4.79 Å². The van der Waals surface area contributed by atoms with E-state index in [-0.39, 0.29) is 5.91 Å². The van der Waals surface area contributed by atoms with Gasteiger partial charge in [0, 0.05) is 16.0 Å². The SMILES string of the molecule is Cc1cc(Cl)ccc1OC(C)C(=O)Nc1nc(-c2ccc(C(C)C)cc2)cs1. The Balaban J connectivity index is 1.64. The maximum Gasteiger partial charge on any atom is 0.266 e. The summed E-state index contributed by atoms with van der Waals surface area (Å²) >= 11 is 7.35. The lowest BCUT2D eigenvalue weighted by Gasteiger charge is -2.15. The Morgan fingerprint density at radius 1 is 1.14 bits per heavy atom. The van der Waals surface area contributed by atoms with Crippen LogP contribution >= 0.6 is 22.9 Å². The molecule has 0 saturated carbocycles. The molecule has 28 heavy (non-hydrogen) atoms. The minimum absolute atomic E-state index is 0.245. The third kappa shape index (κ3) is 4.91. The molecule has 0 aliphatic heterocycles. The molecular weight excluding hydrogens is 392 g/mol. The molecular formula is C22H23ClN2O2S. The number of ether oxygens (including phenoxy) is 1. The normalized spacial score (nSPS) is 12.1. The van der Waals surface area contributed by atoms with Gasteiger partial charge < -0.3 is 4.74 Å². The van der Waals surface area contributed by atoms with Gasteiger partial charge in [0.05, 0.1) is 5.69 Å². The largest absolute Gasteiger partial charge is 0.481 e. The zero-order valence-corrected chi connectivity index (χ0v) is 17.9. The highest BCUT2D eigenvalue weighted by Crippen LogP contribution is 2.27. The van der Waals surface area contributed by atoms with Gasteiger partial charge in [-0.1, -0.05) is 49.7 Å². The van der Waals surface area contributed by atoms with Crippen molar-refractivity contribution in [2.75, 3.05) is 5.32 Å². The van der Waals surface area contributed by atoms with Crippen molar-refractivity contribution in [1.82, 2.24) is 4.98 Å². The summed E-state index contributed by atoms with van der Waals surface area (Å²) in [6, 6.07) is 13.7. The number of aryl methyl sites for hydroxylation is 1. The van der Waals surface area contributed by atoms with Gasteiger partial charge >= 0.3 is 0 Å². The molecule has 1 atom stereocenters. The van der Waals surface area contributed by atoms with Gasteiger partial charge in [-0.05, 0) is 49.1 Å². The molecule has 0 aliphatic carbocycles. The van der Waals surface area contributed by atoms with Crippen molar-refractivity contribution in [2.24, 2.45) is 0 Å². The van der Waals surface area contributed by atoms with E-state index in [1.807, 2.05) is 12.3 Å². The summed E-state index contributed by atoms with van der Waals surface area (Å²) in [5, 5.41) is 5.96. The summed E-state index contributed by atoms with van der Waals surface area (Å²) in [7, 11) is 0. The minimum Gasteiger partial charge on any atom is -0.481 e. The molecule has 4 nitrogen and oxygen atoms in total. The van der Waals surface area contributed by atoms with Crippen LogP contribution in [-0.4, -0.2) is 17.0 Å². The number of hydrogen-bond donors (Lipinski definition) is 1. The number of aromatic nitrogens is 1. The second-order valence-electron chi connectivity index (χ2n) is 6.97. The van der Waals surface area contributed by atoms with Crippen LogP contribution in [0.1, 0.15) is 37.8 Å². The van der Waals surface area contributed by atoms with Gasteiger partial charge in [0.2, 0.25) is 0 Å². The molecule has 6 heteroatoms. The summed E-state index contributed by atoms with van der Waals surface area (Å²) in [5.41, 5.74) is 4.05. The van der Waals surface area contributed by atoms with Gasteiger partial charge in [-0.3, -0.25) is 10.1 Å². The first-order valence-corrected chi connectivity index (χ1v) is 10.4. The van der Waals surface area contributed by atoms with Gasteiger partial charge in [-0.25, -0.2) is 4.98 Å². The molecule has 0 aliphatic rings. The fourth-order valence-corrected chi connectivity index (χ4v) is 3.65. The number of anilines is 1. The fourth-order valence-electron chi connectivity index (χ4n) is 2.70. The lowest BCUT2D eigenvalue weighted by molar-refractivity contribution is -0.122. The van der Waals surface area contributed by atoms with E-state index in [1.54, 1.807) is 25.1 Å². The molecule has 146 valence electrons. The van der Waals surface area contributed by atoms with E-state index in [2.05, 4.69) is 48.4 Å². The Morgan fingerprint density at radius 2 is 1.86 bits per heavy atom. The second-order valence-corrected chi connectivity index (χ2v) is 8.27. The standard InChI is InChI=1S/C22H23ClN2O2S/c1-13(2)16-5-7-17(8-6-16)19-12-28-22(24-19)25-21(26)15(4)27-20-10-9-18(23)11-14(20)3/h5-13,15H,1-4H3,(H,24,25,26). The van der Waals surface area contributed by atoms with Gasteiger partial charge in [0.1, 0.15) is 5.75 Å². The van der Waals surface area contributed by atoms with Gasteiger partial charge in [0.15, 0.2) is 11.2 Å². The Kier molecular flexibility index (Phi) is 6.37. The minimum atomic E-state index is -0.655. The van der Waals surface area contributed by atoms with Crippen LogP contribution in [0, 0.1) is 6.92 Å². The maximum atomic E-state index is 12.5. The van der Waals surface area contributed by atoms with Gasteiger partial charge in [-0.2, -0.15) is 0 Å². The number of hydrogen-bond acceptors (Lipinski definition) is 4. The number of rotatable bonds is 6. The lowest BCUT2D eigenvalue weighted by Crippen LogP contribution is -2.30. The topological polar surface area (TPSA) is 51.2 Å². The molecule has 3 rings (SSSR count). The molecule has 0 saturated heterocycles. The predicted molar refractivity (Wildman–Crippen MR) is 117 cm³/mol. The van der Waals surface area contributed by atoms with Crippen molar-refractivity contribution in [3.8, 4) is 17.0 Å². The fraction of sp³-hybridized carbons (Fsp3) is 0.273. The van der Waals surface area contributed by atoms with Crippen molar-refractivity contribution in [1.29, 1.82) is 0 Å². The van der Waals surface area contributed by atoms with Crippen molar-refractivity contribution < 1.29 is 9.53 Å². The molecule has 0 bridgehead atoms. The van der Waals surface area contributed by atoms with Crippen LogP contribution < -0.4 is 10.1 Å². The molecule has 1 amide bonds. The van der Waals surface area contributed by atoms with Gasteiger partial charge in [0.25, 0.3) is 5.91 Å². The Labute approximate surface area is 174 Å². The number of halogens is 1. The van der Waals surface area contributed by atoms with Crippen molar-refractivity contribution in [3.63, 3.8) is 0 Å². The van der Waals surface area contributed by atoms with Crippen molar-refractivity contribution in [3.05, 3.63) is 64.0 Å². The molecule has 1 unspecified atom stereocenters. The quantitative estimate of drug-likeness (QED) is 0.514. The Bertz CT molecular complexity index is 967. The summed E-state index contributed by atoms with van der Waals surface area (Å²) in [5.74, 6) is 0.882. The zero-order valence-electron chi connectivity index (χ0n) is 16.3. The van der Waals surface area contributed by atoms with E-state index in [0.717, 1.165) is 16.8 Å². The molecule has 1 heterocycles. The van der Waals surface area contributed by atoms with E-state index in [4.69, 9.17) is 16.3 Å². The number of amides is 1. The third-order valence-electron chi connectivity index (χ3n) is 4.42. The summed E-state index contributed by atoms with van der Waals surface area (Å²) in [6.07, 6.45) is -0.655. The Morgan fingerprint density at radius 3 is 2.50 bits per heavy atom. The molecule has 1 aromatic heterocycles. The smallest absolute Gasteiger partial charge is 0.266 e. The second kappa shape index (κ2) is 8.76. The maximum absolute atomic E-state index is 12.5. The van der Waals surface area contributed by atoms with Crippen molar-refractivity contribution in [2.45, 2.75) is 39.7 Å². The number of carbonyl (C=O) groups is 1. The predicted octanol–water partition coefficient (Wildman–Crippen LogP) is 6.30. The zero-order chi connectivity index (χ0) is 20.3. The van der Waals surface area contributed by atoms with E-state index >= 15 is 0 Å². The van der Waals surface area contributed by atoms with E-state index in [9.17, 15) is 4.79 Å². The molecule has 0 spiro atoms. The first kappa shape index (κ1) is 20.4. The first-order valence-electron chi connectivity index (χ1n) is 9.13. The molecule has 3 aromatic rings. The molecule has 1 N–H and O–H groups in total. The summed E-state index contributed by atoms with van der Waals surface area (Å²) in [6.45, 7) is 7.94. The first-order chi connectivity index (χ1) is 13.3. The Hall–Kier alpha value is -2.37. The van der Waals surface area contributed by atoms with Gasteiger partial charge in [-0.15, -0.1) is 11.3 Å². The molecule has 0 fully saturated rings. The number of nitrogens with one attached hydrogen (secondary N) is 1. The van der Waals surface area contributed by atoms with E-state index in [1.165, 1.54) is 16.9 Å². The highest BCUT2D eigenvalue weighted by atomic mass is 35.5. The van der Waals surface area contributed by atoms with Crippen LogP contribution in [0.5, 0.6) is 5.75 Å². The molecule has 2 aromatic carbocycles. The van der Waals surface area contributed by atoms with Crippen LogP contribution in [0.25, 0.3) is 11.3 Å². The summed E-state index contributed by atoms with van der Waals surface area (Å²) < 4.78 is 5.77. The van der Waals surface area contributed by atoms with Crippen LogP contribution in [0.4, 0.5) is 5.13 Å². The molecule has 0 radical (unpaired) electrons. The highest BCUT2D eigenvalue weighted by Gasteiger charge is 2.17.